The van der Waals surface area contributed by atoms with Crippen LogP contribution in [-0.4, -0.2) is 47.1 Å². The maximum atomic E-state index is 11.9. The van der Waals surface area contributed by atoms with E-state index in [1.165, 1.54) is 0 Å². The van der Waals surface area contributed by atoms with E-state index >= 15 is 0 Å². The van der Waals surface area contributed by atoms with Crippen LogP contribution in [0.5, 0.6) is 0 Å². The minimum absolute atomic E-state index is 0.104. The van der Waals surface area contributed by atoms with Crippen molar-refractivity contribution < 1.29 is 9.90 Å². The molecule has 88 valence electrons. The third kappa shape index (κ3) is 3.38. The molecule has 1 heterocycles. The van der Waals surface area contributed by atoms with E-state index in [1.807, 2.05) is 25.0 Å². The Balaban J connectivity index is 2.42. The number of carbonyl (C=O) groups excluding carboxylic acids is 1. The molecule has 0 bridgehead atoms. The average molecular weight is 231 g/mol. The van der Waals surface area contributed by atoms with E-state index in [0.29, 0.717) is 0 Å². The van der Waals surface area contributed by atoms with Gasteiger partial charge in [0.1, 0.15) is 0 Å². The van der Waals surface area contributed by atoms with Crippen molar-refractivity contribution in [2.24, 2.45) is 11.8 Å². The molecule has 15 heavy (non-hydrogen) atoms. The molecule has 0 saturated carbocycles. The molecule has 3 nitrogen and oxygen atoms in total. The molecular formula is C11H21NO2S. The minimum atomic E-state index is -0.293. The topological polar surface area (TPSA) is 40.5 Å². The third-order valence-electron chi connectivity index (χ3n) is 3.06. The summed E-state index contributed by atoms with van der Waals surface area (Å²) in [5.41, 5.74) is 0. The van der Waals surface area contributed by atoms with Gasteiger partial charge in [-0.25, -0.2) is 0 Å². The van der Waals surface area contributed by atoms with Gasteiger partial charge < -0.3 is 10.0 Å². The molecular weight excluding hydrogens is 210 g/mol. The number of aliphatic hydroxyl groups is 1. The SMILES string of the molecule is CSCC(C)C(=O)N1CCC(C(C)O)C1. The lowest BCUT2D eigenvalue weighted by Gasteiger charge is -2.21. The molecule has 0 aromatic carbocycles. The Labute approximate surface area is 96.2 Å². The Kier molecular flexibility index (Phi) is 4.93. The first kappa shape index (κ1) is 12.8. The van der Waals surface area contributed by atoms with E-state index in [0.717, 1.165) is 25.3 Å². The lowest BCUT2D eigenvalue weighted by Crippen LogP contribution is -2.35. The molecule has 1 rings (SSSR count). The number of rotatable bonds is 4. The van der Waals surface area contributed by atoms with Crippen LogP contribution < -0.4 is 0 Å². The molecule has 0 spiro atoms. The molecule has 1 aliphatic rings. The first-order valence-corrected chi connectivity index (χ1v) is 6.91. The van der Waals surface area contributed by atoms with Gasteiger partial charge >= 0.3 is 0 Å². The summed E-state index contributed by atoms with van der Waals surface area (Å²) in [6.07, 6.45) is 2.67. The number of carbonyl (C=O) groups is 1. The molecule has 4 heteroatoms. The lowest BCUT2D eigenvalue weighted by atomic mass is 10.0. The van der Waals surface area contributed by atoms with E-state index in [-0.39, 0.29) is 23.8 Å². The van der Waals surface area contributed by atoms with Crippen molar-refractivity contribution in [2.45, 2.75) is 26.4 Å². The van der Waals surface area contributed by atoms with Gasteiger partial charge in [0.15, 0.2) is 0 Å². The number of likely N-dealkylation sites (tertiary alicyclic amines) is 1. The Bertz CT molecular complexity index is 221. The predicted molar refractivity (Wildman–Crippen MR) is 63.9 cm³/mol. The van der Waals surface area contributed by atoms with E-state index < -0.39 is 0 Å². The standard InChI is InChI=1S/C11H21NO2S/c1-8(7-15-3)11(14)12-5-4-10(6-12)9(2)13/h8-10,13H,4-7H2,1-3H3. The van der Waals surface area contributed by atoms with Gasteiger partial charge in [0.05, 0.1) is 6.10 Å². The van der Waals surface area contributed by atoms with Crippen LogP contribution in [0.4, 0.5) is 0 Å². The molecule has 0 radical (unpaired) electrons. The number of aliphatic hydroxyl groups excluding tert-OH is 1. The Morgan fingerprint density at radius 2 is 2.27 bits per heavy atom. The van der Waals surface area contributed by atoms with Gasteiger partial charge in [-0.05, 0) is 19.6 Å². The van der Waals surface area contributed by atoms with Crippen molar-refractivity contribution in [3.8, 4) is 0 Å². The van der Waals surface area contributed by atoms with E-state index in [2.05, 4.69) is 0 Å². The van der Waals surface area contributed by atoms with Gasteiger partial charge in [0, 0.05) is 30.7 Å². The Morgan fingerprint density at radius 3 is 2.73 bits per heavy atom. The minimum Gasteiger partial charge on any atom is -0.393 e. The molecule has 1 fully saturated rings. The predicted octanol–water partition coefficient (Wildman–Crippen LogP) is 1.21. The summed E-state index contributed by atoms with van der Waals surface area (Å²) >= 11 is 1.71. The van der Waals surface area contributed by atoms with Crippen LogP contribution in [0.25, 0.3) is 0 Å². The number of thioether (sulfide) groups is 1. The van der Waals surface area contributed by atoms with Crippen LogP contribution in [0, 0.1) is 11.8 Å². The first-order chi connectivity index (χ1) is 7.06. The second-order valence-corrected chi connectivity index (χ2v) is 5.34. The second kappa shape index (κ2) is 5.75. The van der Waals surface area contributed by atoms with Gasteiger partial charge in [-0.3, -0.25) is 4.79 Å². The van der Waals surface area contributed by atoms with E-state index in [9.17, 15) is 9.90 Å². The highest BCUT2D eigenvalue weighted by Crippen LogP contribution is 2.21. The Morgan fingerprint density at radius 1 is 1.60 bits per heavy atom. The average Bonchev–Trinajstić information content (AvgIpc) is 2.65. The van der Waals surface area contributed by atoms with Crippen molar-refractivity contribution in [1.82, 2.24) is 4.90 Å². The van der Waals surface area contributed by atoms with Crippen molar-refractivity contribution in [3.05, 3.63) is 0 Å². The van der Waals surface area contributed by atoms with Gasteiger partial charge in [0.2, 0.25) is 5.91 Å². The van der Waals surface area contributed by atoms with Crippen molar-refractivity contribution in [3.63, 3.8) is 0 Å². The normalized spacial score (nSPS) is 25.3. The highest BCUT2D eigenvalue weighted by atomic mass is 32.2. The van der Waals surface area contributed by atoms with Gasteiger partial charge in [-0.15, -0.1) is 0 Å². The van der Waals surface area contributed by atoms with Crippen LogP contribution in [0.15, 0.2) is 0 Å². The lowest BCUT2D eigenvalue weighted by molar-refractivity contribution is -0.133. The van der Waals surface area contributed by atoms with Gasteiger partial charge in [-0.1, -0.05) is 6.92 Å². The summed E-state index contributed by atoms with van der Waals surface area (Å²) in [4.78, 5) is 13.8. The van der Waals surface area contributed by atoms with Crippen LogP contribution in [0.2, 0.25) is 0 Å². The zero-order chi connectivity index (χ0) is 11.4. The highest BCUT2D eigenvalue weighted by Gasteiger charge is 2.30. The number of hydrogen-bond donors (Lipinski definition) is 1. The number of hydrogen-bond acceptors (Lipinski definition) is 3. The molecule has 1 N–H and O–H groups in total. The summed E-state index contributed by atoms with van der Waals surface area (Å²) in [6, 6.07) is 0. The number of amides is 1. The monoisotopic (exact) mass is 231 g/mol. The molecule has 3 unspecified atom stereocenters. The van der Waals surface area contributed by atoms with E-state index in [4.69, 9.17) is 0 Å². The fourth-order valence-corrected chi connectivity index (χ4v) is 2.66. The summed E-state index contributed by atoms with van der Waals surface area (Å²) in [5, 5.41) is 9.45. The molecule has 1 amide bonds. The third-order valence-corrected chi connectivity index (χ3v) is 3.89. The highest BCUT2D eigenvalue weighted by molar-refractivity contribution is 7.98. The molecule has 1 aliphatic heterocycles. The summed E-state index contributed by atoms with van der Waals surface area (Å²) in [5.74, 6) is 1.50. The smallest absolute Gasteiger partial charge is 0.226 e. The van der Waals surface area contributed by atoms with Crippen molar-refractivity contribution in [2.75, 3.05) is 25.1 Å². The summed E-state index contributed by atoms with van der Waals surface area (Å²) < 4.78 is 0. The van der Waals surface area contributed by atoms with Gasteiger partial charge in [0.25, 0.3) is 0 Å². The zero-order valence-corrected chi connectivity index (χ0v) is 10.6. The molecule has 0 aliphatic carbocycles. The largest absolute Gasteiger partial charge is 0.393 e. The fraction of sp³-hybridized carbons (Fsp3) is 0.909. The zero-order valence-electron chi connectivity index (χ0n) is 9.77. The molecule has 0 aromatic rings. The number of nitrogens with zero attached hydrogens (tertiary/aromatic N) is 1. The Hall–Kier alpha value is -0.220. The van der Waals surface area contributed by atoms with Crippen molar-refractivity contribution >= 4 is 17.7 Å². The second-order valence-electron chi connectivity index (χ2n) is 4.43. The van der Waals surface area contributed by atoms with Crippen LogP contribution in [0.1, 0.15) is 20.3 Å². The van der Waals surface area contributed by atoms with E-state index in [1.54, 1.807) is 11.8 Å². The van der Waals surface area contributed by atoms with Crippen LogP contribution in [-0.2, 0) is 4.79 Å². The van der Waals surface area contributed by atoms with Crippen molar-refractivity contribution in [1.29, 1.82) is 0 Å². The molecule has 3 atom stereocenters. The fourth-order valence-electron chi connectivity index (χ4n) is 2.01. The molecule has 1 saturated heterocycles. The molecule has 0 aromatic heterocycles. The summed E-state index contributed by atoms with van der Waals surface area (Å²) in [7, 11) is 0. The van der Waals surface area contributed by atoms with Crippen LogP contribution in [0.3, 0.4) is 0 Å². The van der Waals surface area contributed by atoms with Crippen LogP contribution >= 0.6 is 11.8 Å². The maximum absolute atomic E-state index is 11.9. The van der Waals surface area contributed by atoms with Gasteiger partial charge in [-0.2, -0.15) is 11.8 Å². The summed E-state index contributed by atoms with van der Waals surface area (Å²) in [6.45, 7) is 5.33. The first-order valence-electron chi connectivity index (χ1n) is 5.52. The maximum Gasteiger partial charge on any atom is 0.226 e. The quantitative estimate of drug-likeness (QED) is 0.791.